The molecule has 1 aliphatic heterocycles. The van der Waals surface area contributed by atoms with Gasteiger partial charge in [0.2, 0.25) is 10.0 Å². The van der Waals surface area contributed by atoms with E-state index in [-0.39, 0.29) is 29.9 Å². The molecule has 0 saturated carbocycles. The van der Waals surface area contributed by atoms with E-state index in [1.165, 1.54) is 22.5 Å². The minimum absolute atomic E-state index is 0.126. The summed E-state index contributed by atoms with van der Waals surface area (Å²) in [5.74, 6) is -0.300. The van der Waals surface area contributed by atoms with Crippen LogP contribution in [0.4, 0.5) is 13.2 Å². The van der Waals surface area contributed by atoms with Crippen LogP contribution < -0.4 is 10.6 Å². The zero-order chi connectivity index (χ0) is 26.6. The zero-order valence-electron chi connectivity index (χ0n) is 19.6. The highest BCUT2D eigenvalue weighted by Gasteiger charge is 2.33. The molecule has 11 heteroatoms. The second-order valence-electron chi connectivity index (χ2n) is 8.76. The van der Waals surface area contributed by atoms with Crippen LogP contribution in [0.1, 0.15) is 33.5 Å². The first-order valence-corrected chi connectivity index (χ1v) is 13.4. The van der Waals surface area contributed by atoms with E-state index < -0.39 is 21.8 Å². The average molecular weight is 552 g/mol. The largest absolute Gasteiger partial charge is 0.416 e. The summed E-state index contributed by atoms with van der Waals surface area (Å²) in [4.78, 5) is 12.5. The fraction of sp³-hybridized carbons (Fsp3) is 0.269. The van der Waals surface area contributed by atoms with E-state index in [9.17, 15) is 26.4 Å². The van der Waals surface area contributed by atoms with Crippen molar-refractivity contribution in [2.24, 2.45) is 0 Å². The van der Waals surface area contributed by atoms with Gasteiger partial charge in [-0.05, 0) is 66.1 Å². The van der Waals surface area contributed by atoms with Crippen LogP contribution in [-0.4, -0.2) is 37.8 Å². The Morgan fingerprint density at radius 3 is 2.35 bits per heavy atom. The van der Waals surface area contributed by atoms with E-state index in [4.69, 9.17) is 11.6 Å². The van der Waals surface area contributed by atoms with Crippen molar-refractivity contribution in [1.82, 2.24) is 14.9 Å². The minimum Gasteiger partial charge on any atom is -0.348 e. The van der Waals surface area contributed by atoms with Crippen molar-refractivity contribution in [3.8, 4) is 0 Å². The van der Waals surface area contributed by atoms with Crippen LogP contribution in [0.25, 0.3) is 0 Å². The molecule has 37 heavy (non-hydrogen) atoms. The van der Waals surface area contributed by atoms with Crippen LogP contribution in [0.2, 0.25) is 5.02 Å². The van der Waals surface area contributed by atoms with Crippen molar-refractivity contribution in [1.29, 1.82) is 0 Å². The molecule has 1 fully saturated rings. The van der Waals surface area contributed by atoms with Gasteiger partial charge in [-0.2, -0.15) is 17.5 Å². The van der Waals surface area contributed by atoms with Gasteiger partial charge in [0, 0.05) is 42.8 Å². The van der Waals surface area contributed by atoms with E-state index in [2.05, 4.69) is 10.6 Å². The maximum Gasteiger partial charge on any atom is 0.416 e. The summed E-state index contributed by atoms with van der Waals surface area (Å²) >= 11 is 5.85. The van der Waals surface area contributed by atoms with E-state index in [1.807, 2.05) is 0 Å². The number of hydrogen-bond acceptors (Lipinski definition) is 4. The Labute approximate surface area is 218 Å². The molecule has 196 valence electrons. The summed E-state index contributed by atoms with van der Waals surface area (Å²) in [6.07, 6.45) is -3.80. The van der Waals surface area contributed by atoms with Crippen molar-refractivity contribution >= 4 is 27.5 Å². The van der Waals surface area contributed by atoms with Crippen LogP contribution in [0.5, 0.6) is 0 Å². The standard InChI is InChI=1S/C26H25ClF3N3O3S/c27-22-10-6-20(7-11-22)25(34)32-16-19-2-1-3-24(14-19)37(35,36)33-13-12-23(17-33)31-15-18-4-8-21(9-5-18)26(28,29)30/h1-11,14,23,31H,12-13,15-17H2,(H,32,34). The topological polar surface area (TPSA) is 78.5 Å². The zero-order valence-corrected chi connectivity index (χ0v) is 21.2. The third kappa shape index (κ3) is 6.89. The van der Waals surface area contributed by atoms with Gasteiger partial charge in [0.25, 0.3) is 5.91 Å². The molecule has 1 aliphatic rings. The van der Waals surface area contributed by atoms with Crippen molar-refractivity contribution in [3.63, 3.8) is 0 Å². The third-order valence-corrected chi connectivity index (χ3v) is 8.24. The Bertz CT molecular complexity index is 1350. The van der Waals surface area contributed by atoms with Crippen LogP contribution in [0.3, 0.4) is 0 Å². The number of alkyl halides is 3. The predicted molar refractivity (Wildman–Crippen MR) is 135 cm³/mol. The molecule has 3 aromatic carbocycles. The Hall–Kier alpha value is -2.92. The number of rotatable bonds is 8. The fourth-order valence-electron chi connectivity index (χ4n) is 4.04. The summed E-state index contributed by atoms with van der Waals surface area (Å²) in [5, 5.41) is 6.52. The summed E-state index contributed by atoms with van der Waals surface area (Å²) in [6.45, 7) is 1.06. The smallest absolute Gasteiger partial charge is 0.348 e. The van der Waals surface area contributed by atoms with Gasteiger partial charge in [0.05, 0.1) is 10.5 Å². The molecule has 0 aromatic heterocycles. The molecule has 2 N–H and O–H groups in total. The molecule has 0 aliphatic carbocycles. The van der Waals surface area contributed by atoms with E-state index >= 15 is 0 Å². The summed E-state index contributed by atoms with van der Waals surface area (Å²) < 4.78 is 66.0. The minimum atomic E-state index is -4.38. The summed E-state index contributed by atoms with van der Waals surface area (Å²) in [6, 6.07) is 17.6. The van der Waals surface area contributed by atoms with Crippen molar-refractivity contribution in [3.05, 3.63) is 100 Å². The monoisotopic (exact) mass is 551 g/mol. The molecule has 6 nitrogen and oxygen atoms in total. The lowest BCUT2D eigenvalue weighted by Crippen LogP contribution is -2.35. The second kappa shape index (κ2) is 11.2. The highest BCUT2D eigenvalue weighted by molar-refractivity contribution is 7.89. The van der Waals surface area contributed by atoms with Gasteiger partial charge in [-0.15, -0.1) is 0 Å². The number of nitrogens with one attached hydrogen (secondary N) is 2. The quantitative estimate of drug-likeness (QED) is 0.420. The van der Waals surface area contributed by atoms with Crippen molar-refractivity contribution < 1.29 is 26.4 Å². The lowest BCUT2D eigenvalue weighted by Gasteiger charge is -2.18. The highest BCUT2D eigenvalue weighted by Crippen LogP contribution is 2.29. The number of carbonyl (C=O) groups is 1. The van der Waals surface area contributed by atoms with Gasteiger partial charge in [-0.3, -0.25) is 4.79 Å². The third-order valence-electron chi connectivity index (χ3n) is 6.12. The molecule has 1 atom stereocenters. The van der Waals surface area contributed by atoms with Gasteiger partial charge in [-0.25, -0.2) is 8.42 Å². The molecule has 1 heterocycles. The Morgan fingerprint density at radius 1 is 0.973 bits per heavy atom. The number of hydrogen-bond donors (Lipinski definition) is 2. The van der Waals surface area contributed by atoms with Crippen molar-refractivity contribution in [2.75, 3.05) is 13.1 Å². The number of sulfonamides is 1. The number of nitrogens with zero attached hydrogens (tertiary/aromatic N) is 1. The van der Waals surface area contributed by atoms with Gasteiger partial charge < -0.3 is 10.6 Å². The Balaban J connectivity index is 1.33. The molecule has 1 amide bonds. The first kappa shape index (κ1) is 27.1. The first-order chi connectivity index (χ1) is 17.5. The van der Waals surface area contributed by atoms with Gasteiger partial charge in [0.1, 0.15) is 0 Å². The van der Waals surface area contributed by atoms with Crippen molar-refractivity contribution in [2.45, 2.75) is 36.6 Å². The maximum atomic E-state index is 13.2. The summed E-state index contributed by atoms with van der Waals surface area (Å²) in [7, 11) is -3.75. The molecule has 0 spiro atoms. The van der Waals surface area contributed by atoms with E-state index in [0.717, 1.165) is 12.1 Å². The summed E-state index contributed by atoms with van der Waals surface area (Å²) in [5.41, 5.74) is 1.06. The average Bonchev–Trinajstić information content (AvgIpc) is 3.36. The SMILES string of the molecule is O=C(NCc1cccc(S(=O)(=O)N2CCC(NCc3ccc(C(F)(F)F)cc3)C2)c1)c1ccc(Cl)cc1. The van der Waals surface area contributed by atoms with Gasteiger partial charge in [-0.1, -0.05) is 35.9 Å². The van der Waals surface area contributed by atoms with Gasteiger partial charge in [0.15, 0.2) is 0 Å². The number of carbonyl (C=O) groups excluding carboxylic acids is 1. The van der Waals surface area contributed by atoms with Gasteiger partial charge >= 0.3 is 6.18 Å². The molecular weight excluding hydrogens is 527 g/mol. The van der Waals surface area contributed by atoms with E-state index in [1.54, 1.807) is 42.5 Å². The Morgan fingerprint density at radius 2 is 1.68 bits per heavy atom. The maximum absolute atomic E-state index is 13.2. The lowest BCUT2D eigenvalue weighted by atomic mass is 10.1. The molecule has 0 radical (unpaired) electrons. The molecule has 4 rings (SSSR count). The van der Waals surface area contributed by atoms with E-state index in [0.29, 0.717) is 41.2 Å². The molecule has 3 aromatic rings. The number of benzene rings is 3. The molecule has 0 bridgehead atoms. The van der Waals surface area contributed by atoms with Crippen LogP contribution >= 0.6 is 11.6 Å². The first-order valence-electron chi connectivity index (χ1n) is 11.5. The van der Waals surface area contributed by atoms with Crippen LogP contribution in [-0.2, 0) is 29.3 Å². The normalized spacial score (nSPS) is 16.6. The van der Waals surface area contributed by atoms with Crippen LogP contribution in [0.15, 0.2) is 77.7 Å². The predicted octanol–water partition coefficient (Wildman–Crippen LogP) is 4.84. The highest BCUT2D eigenvalue weighted by atomic mass is 35.5. The molecule has 1 saturated heterocycles. The fourth-order valence-corrected chi connectivity index (χ4v) is 5.73. The Kier molecular flexibility index (Phi) is 8.23. The van der Waals surface area contributed by atoms with Crippen LogP contribution in [0, 0.1) is 0 Å². The molecular formula is C26H25ClF3N3O3S. The lowest BCUT2D eigenvalue weighted by molar-refractivity contribution is -0.137. The molecule has 1 unspecified atom stereocenters. The number of amides is 1. The second-order valence-corrected chi connectivity index (χ2v) is 11.1. The number of halogens is 4.